The van der Waals surface area contributed by atoms with Crippen molar-refractivity contribution in [3.05, 3.63) is 29.3 Å². The van der Waals surface area contributed by atoms with Crippen LogP contribution >= 0.6 is 11.6 Å². The van der Waals surface area contributed by atoms with E-state index in [1.165, 1.54) is 6.92 Å². The van der Waals surface area contributed by atoms with Crippen LogP contribution in [0, 0.1) is 0 Å². The summed E-state index contributed by atoms with van der Waals surface area (Å²) in [5.41, 5.74) is 0. The van der Waals surface area contributed by atoms with E-state index in [9.17, 15) is 4.79 Å². The molecule has 12 heavy (non-hydrogen) atoms. The first-order chi connectivity index (χ1) is 5.18. The van der Waals surface area contributed by atoms with Crippen LogP contribution < -0.4 is 4.74 Å². The predicted octanol–water partition coefficient (Wildman–Crippen LogP) is 1.62. The Hall–Kier alpha value is -0.0200. The SMILES string of the molecule is CC(=O)Oc1ccc(Cl)cc1.[NaH]. The van der Waals surface area contributed by atoms with Crippen LogP contribution in [-0.2, 0) is 4.79 Å². The Kier molecular flexibility index (Phi) is 5.59. The van der Waals surface area contributed by atoms with Gasteiger partial charge in [0.05, 0.1) is 0 Å². The Morgan fingerprint density at radius 2 is 1.83 bits per heavy atom. The summed E-state index contributed by atoms with van der Waals surface area (Å²) in [5.74, 6) is 0.189. The molecule has 0 heterocycles. The molecule has 0 saturated heterocycles. The van der Waals surface area contributed by atoms with Gasteiger partial charge >= 0.3 is 35.5 Å². The van der Waals surface area contributed by atoms with Gasteiger partial charge in [0.25, 0.3) is 0 Å². The fourth-order valence-corrected chi connectivity index (χ4v) is 0.795. The molecule has 0 fully saturated rings. The molecular weight excluding hydrogens is 187 g/mol. The first-order valence-corrected chi connectivity index (χ1v) is 3.50. The van der Waals surface area contributed by atoms with E-state index in [0.29, 0.717) is 10.8 Å². The maximum atomic E-state index is 10.4. The molecule has 0 N–H and O–H groups in total. The summed E-state index contributed by atoms with van der Waals surface area (Å²) in [4.78, 5) is 10.4. The van der Waals surface area contributed by atoms with Crippen molar-refractivity contribution in [3.63, 3.8) is 0 Å². The van der Waals surface area contributed by atoms with Crippen LogP contribution in [0.2, 0.25) is 5.02 Å². The van der Waals surface area contributed by atoms with Crippen molar-refractivity contribution in [1.82, 2.24) is 0 Å². The van der Waals surface area contributed by atoms with Gasteiger partial charge in [-0.2, -0.15) is 0 Å². The molecule has 0 aliphatic rings. The van der Waals surface area contributed by atoms with E-state index in [-0.39, 0.29) is 35.5 Å². The number of rotatable bonds is 1. The molecule has 0 aromatic heterocycles. The molecule has 1 aromatic rings. The third-order valence-corrected chi connectivity index (χ3v) is 1.33. The van der Waals surface area contributed by atoms with Gasteiger partial charge in [-0.05, 0) is 24.3 Å². The zero-order valence-corrected chi connectivity index (χ0v) is 6.76. The number of carbonyl (C=O) groups is 1. The minimum absolute atomic E-state index is 0. The molecule has 60 valence electrons. The normalized spacial score (nSPS) is 8.50. The van der Waals surface area contributed by atoms with Gasteiger partial charge in [0, 0.05) is 11.9 Å². The number of hydrogen-bond acceptors (Lipinski definition) is 2. The van der Waals surface area contributed by atoms with Crippen molar-refractivity contribution < 1.29 is 9.53 Å². The van der Waals surface area contributed by atoms with E-state index in [1.807, 2.05) is 0 Å². The van der Waals surface area contributed by atoms with Crippen molar-refractivity contribution >= 4 is 47.1 Å². The summed E-state index contributed by atoms with van der Waals surface area (Å²) in [6, 6.07) is 6.62. The molecule has 1 rings (SSSR count). The number of carbonyl (C=O) groups excluding carboxylic acids is 1. The molecule has 0 saturated carbocycles. The molecule has 0 atom stereocenters. The van der Waals surface area contributed by atoms with Crippen LogP contribution in [-0.4, -0.2) is 35.5 Å². The number of halogens is 1. The van der Waals surface area contributed by atoms with Crippen molar-refractivity contribution in [2.24, 2.45) is 0 Å². The van der Waals surface area contributed by atoms with Crippen LogP contribution in [0.3, 0.4) is 0 Å². The topological polar surface area (TPSA) is 26.3 Å². The molecule has 0 aliphatic carbocycles. The molecule has 0 unspecified atom stereocenters. The van der Waals surface area contributed by atoms with E-state index >= 15 is 0 Å². The molecule has 1 aromatic carbocycles. The van der Waals surface area contributed by atoms with Gasteiger partial charge in [-0.3, -0.25) is 4.79 Å². The predicted molar refractivity (Wildman–Crippen MR) is 49.9 cm³/mol. The molecule has 0 amide bonds. The van der Waals surface area contributed by atoms with Gasteiger partial charge in [-0.25, -0.2) is 0 Å². The fourth-order valence-electron chi connectivity index (χ4n) is 0.669. The Morgan fingerprint density at radius 1 is 1.33 bits per heavy atom. The molecule has 0 aliphatic heterocycles. The van der Waals surface area contributed by atoms with E-state index < -0.39 is 0 Å². The summed E-state index contributed by atoms with van der Waals surface area (Å²) < 4.78 is 4.77. The number of esters is 1. The van der Waals surface area contributed by atoms with Crippen molar-refractivity contribution in [2.45, 2.75) is 6.92 Å². The van der Waals surface area contributed by atoms with Crippen LogP contribution in [0.1, 0.15) is 6.92 Å². The Labute approximate surface area is 98.2 Å². The summed E-state index contributed by atoms with van der Waals surface area (Å²) in [6.07, 6.45) is 0. The third-order valence-electron chi connectivity index (χ3n) is 1.08. The van der Waals surface area contributed by atoms with Crippen molar-refractivity contribution in [1.29, 1.82) is 0 Å². The zero-order chi connectivity index (χ0) is 8.27. The van der Waals surface area contributed by atoms with Crippen LogP contribution in [0.5, 0.6) is 5.75 Å². The Morgan fingerprint density at radius 3 is 2.25 bits per heavy atom. The van der Waals surface area contributed by atoms with Crippen molar-refractivity contribution in [2.75, 3.05) is 0 Å². The van der Waals surface area contributed by atoms with E-state index in [4.69, 9.17) is 16.3 Å². The van der Waals surface area contributed by atoms with Gasteiger partial charge in [0.15, 0.2) is 0 Å². The molecule has 2 nitrogen and oxygen atoms in total. The van der Waals surface area contributed by atoms with Gasteiger partial charge in [0.2, 0.25) is 0 Å². The van der Waals surface area contributed by atoms with E-state index in [0.717, 1.165) is 0 Å². The van der Waals surface area contributed by atoms with Gasteiger partial charge < -0.3 is 4.74 Å². The standard InChI is InChI=1S/C8H7ClO2.Na.H/c1-6(10)11-8-4-2-7(9)3-5-8;;/h2-5H,1H3;;. The van der Waals surface area contributed by atoms with Gasteiger partial charge in [-0.15, -0.1) is 0 Å². The Bertz CT molecular complexity index is 258. The molecular formula is C8H8ClNaO2. The maximum absolute atomic E-state index is 10.4. The molecule has 4 heteroatoms. The number of hydrogen-bond donors (Lipinski definition) is 0. The van der Waals surface area contributed by atoms with E-state index in [1.54, 1.807) is 24.3 Å². The minimum atomic E-state index is -0.327. The first-order valence-electron chi connectivity index (χ1n) is 3.12. The average Bonchev–Trinajstić information content (AvgIpc) is 1.93. The number of benzene rings is 1. The molecule has 0 radical (unpaired) electrons. The molecule has 0 spiro atoms. The average molecular weight is 195 g/mol. The molecule has 0 bridgehead atoms. The second-order valence-corrected chi connectivity index (χ2v) is 2.48. The summed E-state index contributed by atoms with van der Waals surface area (Å²) in [5, 5.41) is 0.626. The van der Waals surface area contributed by atoms with Crippen LogP contribution in [0.15, 0.2) is 24.3 Å². The van der Waals surface area contributed by atoms with E-state index in [2.05, 4.69) is 0 Å². The van der Waals surface area contributed by atoms with Crippen LogP contribution in [0.4, 0.5) is 0 Å². The Balaban J connectivity index is 0.00000121. The summed E-state index contributed by atoms with van der Waals surface area (Å²) in [6.45, 7) is 1.36. The summed E-state index contributed by atoms with van der Waals surface area (Å²) in [7, 11) is 0. The second-order valence-electron chi connectivity index (χ2n) is 2.05. The number of ether oxygens (including phenoxy) is 1. The van der Waals surface area contributed by atoms with Gasteiger partial charge in [0.1, 0.15) is 5.75 Å². The van der Waals surface area contributed by atoms with Crippen LogP contribution in [0.25, 0.3) is 0 Å². The second kappa shape index (κ2) is 5.60. The first kappa shape index (κ1) is 12.0. The monoisotopic (exact) mass is 194 g/mol. The summed E-state index contributed by atoms with van der Waals surface area (Å²) >= 11 is 5.61. The zero-order valence-electron chi connectivity index (χ0n) is 6.00. The fraction of sp³-hybridized carbons (Fsp3) is 0.125. The quantitative estimate of drug-likeness (QED) is 0.386. The third kappa shape index (κ3) is 4.12. The van der Waals surface area contributed by atoms with Gasteiger partial charge in [-0.1, -0.05) is 11.6 Å². The van der Waals surface area contributed by atoms with Crippen molar-refractivity contribution in [3.8, 4) is 5.75 Å².